The van der Waals surface area contributed by atoms with Crippen LogP contribution in [0.3, 0.4) is 0 Å². The Morgan fingerprint density at radius 2 is 1.84 bits per heavy atom. The quantitative estimate of drug-likeness (QED) is 0.280. The molecule has 1 fully saturated rings. The lowest BCUT2D eigenvalue weighted by molar-refractivity contribution is -0.158. The predicted octanol–water partition coefficient (Wildman–Crippen LogP) is 5.20. The third kappa shape index (κ3) is 7.57. The van der Waals surface area contributed by atoms with Gasteiger partial charge in [0, 0.05) is 40.3 Å². The smallest absolute Gasteiger partial charge is 0.323 e. The van der Waals surface area contributed by atoms with Crippen LogP contribution in [0.15, 0.2) is 48.7 Å². The molecule has 0 aliphatic carbocycles. The van der Waals surface area contributed by atoms with Crippen molar-refractivity contribution in [3.8, 4) is 11.3 Å². The van der Waals surface area contributed by atoms with Crippen LogP contribution < -0.4 is 21.7 Å². The molecule has 2 atom stereocenters. The molecular weight excluding hydrogens is 523 g/mol. The van der Waals surface area contributed by atoms with E-state index in [2.05, 4.69) is 38.1 Å². The number of nitrogens with zero attached hydrogens (tertiary/aromatic N) is 2. The van der Waals surface area contributed by atoms with Crippen LogP contribution >= 0.6 is 23.2 Å². The summed E-state index contributed by atoms with van der Waals surface area (Å²) in [6, 6.07) is 13.5. The number of hydrogen-bond acceptors (Lipinski definition) is 8. The van der Waals surface area contributed by atoms with E-state index < -0.39 is 5.60 Å². The molecule has 38 heavy (non-hydrogen) atoms. The second-order valence-corrected chi connectivity index (χ2v) is 11.2. The van der Waals surface area contributed by atoms with Crippen molar-refractivity contribution >= 4 is 40.8 Å². The molecule has 3 aromatic rings. The number of piperidine rings is 1. The molecule has 0 spiro atoms. The summed E-state index contributed by atoms with van der Waals surface area (Å²) < 4.78 is 5.54. The Balaban J connectivity index is 1.35. The summed E-state index contributed by atoms with van der Waals surface area (Å²) in [4.78, 5) is 21.4. The number of nitrogens with one attached hydrogen (secondary N) is 3. The van der Waals surface area contributed by atoms with Crippen LogP contribution in [0.5, 0.6) is 0 Å². The minimum absolute atomic E-state index is 0.193. The highest BCUT2D eigenvalue weighted by Gasteiger charge is 2.30. The number of ether oxygens (including phenoxy) is 1. The normalized spacial score (nSPS) is 17.7. The Morgan fingerprint density at radius 3 is 2.53 bits per heavy atom. The third-order valence-corrected chi connectivity index (χ3v) is 6.94. The van der Waals surface area contributed by atoms with Gasteiger partial charge >= 0.3 is 5.97 Å². The SMILES string of the molecule is CC(C)(C)OC(=O)[C@@H]1CC(NCc2ccc(-c3cnc(N)c(NCc4c(Cl)cccc4Cl)n3)cc2)CCN1. The number of halogens is 2. The first kappa shape index (κ1) is 28.1. The largest absolute Gasteiger partial charge is 0.459 e. The zero-order valence-corrected chi connectivity index (χ0v) is 23.4. The van der Waals surface area contributed by atoms with E-state index in [9.17, 15) is 4.79 Å². The summed E-state index contributed by atoms with van der Waals surface area (Å²) in [6.07, 6.45) is 3.30. The molecule has 1 saturated heterocycles. The first-order valence-corrected chi connectivity index (χ1v) is 13.4. The van der Waals surface area contributed by atoms with Gasteiger partial charge in [-0.3, -0.25) is 4.79 Å². The van der Waals surface area contributed by atoms with Crippen molar-refractivity contribution < 1.29 is 9.53 Å². The van der Waals surface area contributed by atoms with E-state index in [0.717, 1.165) is 29.7 Å². The van der Waals surface area contributed by atoms with Gasteiger partial charge in [-0.2, -0.15) is 0 Å². The zero-order chi connectivity index (χ0) is 27.3. The average Bonchev–Trinajstić information content (AvgIpc) is 2.88. The number of aromatic nitrogens is 2. The summed E-state index contributed by atoms with van der Waals surface area (Å²) in [5, 5.41) is 11.2. The molecule has 1 unspecified atom stereocenters. The molecule has 202 valence electrons. The van der Waals surface area contributed by atoms with Gasteiger partial charge in [0.05, 0.1) is 11.9 Å². The molecule has 10 heteroatoms. The Hall–Kier alpha value is -2.91. The van der Waals surface area contributed by atoms with Crippen LogP contribution in [0, 0.1) is 0 Å². The zero-order valence-electron chi connectivity index (χ0n) is 21.9. The van der Waals surface area contributed by atoms with Gasteiger partial charge < -0.3 is 26.4 Å². The number of carbonyl (C=O) groups excluding carboxylic acids is 1. The van der Waals surface area contributed by atoms with Crippen molar-refractivity contribution in [2.24, 2.45) is 0 Å². The molecule has 0 saturated carbocycles. The maximum atomic E-state index is 12.4. The predicted molar refractivity (Wildman–Crippen MR) is 153 cm³/mol. The Kier molecular flexibility index (Phi) is 9.10. The number of esters is 1. The van der Waals surface area contributed by atoms with Crippen LogP contribution in [-0.4, -0.2) is 40.2 Å². The second-order valence-electron chi connectivity index (χ2n) is 10.4. The summed E-state index contributed by atoms with van der Waals surface area (Å²) in [5.74, 6) is 0.570. The van der Waals surface area contributed by atoms with Gasteiger partial charge in [0.15, 0.2) is 11.6 Å². The maximum absolute atomic E-state index is 12.4. The van der Waals surface area contributed by atoms with Gasteiger partial charge in [-0.1, -0.05) is 53.5 Å². The molecule has 1 aromatic heterocycles. The number of hydrogen-bond donors (Lipinski definition) is 4. The van der Waals surface area contributed by atoms with Crippen LogP contribution in [-0.2, 0) is 22.6 Å². The fraction of sp³-hybridized carbons (Fsp3) is 0.393. The van der Waals surface area contributed by atoms with Crippen molar-refractivity contribution in [2.45, 2.75) is 64.4 Å². The van der Waals surface area contributed by atoms with Crippen molar-refractivity contribution in [1.29, 1.82) is 0 Å². The van der Waals surface area contributed by atoms with E-state index in [1.54, 1.807) is 24.4 Å². The van der Waals surface area contributed by atoms with Gasteiger partial charge in [0.25, 0.3) is 0 Å². The van der Waals surface area contributed by atoms with E-state index in [-0.39, 0.29) is 18.1 Å². The van der Waals surface area contributed by atoms with E-state index in [1.165, 1.54) is 0 Å². The van der Waals surface area contributed by atoms with Crippen molar-refractivity contribution in [3.05, 3.63) is 69.8 Å². The van der Waals surface area contributed by atoms with E-state index >= 15 is 0 Å². The molecule has 0 amide bonds. The molecule has 0 radical (unpaired) electrons. The first-order valence-electron chi connectivity index (χ1n) is 12.7. The van der Waals surface area contributed by atoms with E-state index in [1.807, 2.05) is 32.9 Å². The van der Waals surface area contributed by atoms with Crippen molar-refractivity contribution in [3.63, 3.8) is 0 Å². The molecule has 5 N–H and O–H groups in total. The summed E-state index contributed by atoms with van der Waals surface area (Å²) in [6.45, 7) is 7.50. The van der Waals surface area contributed by atoms with Gasteiger partial charge in [-0.15, -0.1) is 0 Å². The van der Waals surface area contributed by atoms with Gasteiger partial charge in [-0.05, 0) is 57.9 Å². The fourth-order valence-corrected chi connectivity index (χ4v) is 4.78. The number of nitrogens with two attached hydrogens (primary N) is 1. The molecule has 1 aliphatic rings. The van der Waals surface area contributed by atoms with Gasteiger partial charge in [-0.25, -0.2) is 9.97 Å². The molecule has 0 bridgehead atoms. The van der Waals surface area contributed by atoms with E-state index in [0.29, 0.717) is 46.9 Å². The molecule has 2 heterocycles. The van der Waals surface area contributed by atoms with E-state index in [4.69, 9.17) is 33.7 Å². The molecule has 8 nitrogen and oxygen atoms in total. The standard InChI is InChI=1S/C28H34Cl2N6O2/c1-28(2,3)38-27(37)23-13-19(11-12-32-23)33-14-17-7-9-18(10-8-17)24-16-34-25(31)26(36-24)35-15-20-21(29)5-4-6-22(20)30/h4-10,16,19,23,32-33H,11-15H2,1-3H3,(H2,31,34)(H,35,36)/t19?,23-/m0/s1. The van der Waals surface area contributed by atoms with Crippen LogP contribution in [0.4, 0.5) is 11.6 Å². The van der Waals surface area contributed by atoms with Crippen LogP contribution in [0.25, 0.3) is 11.3 Å². The second kappa shape index (κ2) is 12.3. The lowest BCUT2D eigenvalue weighted by atomic mass is 9.98. The lowest BCUT2D eigenvalue weighted by Gasteiger charge is -2.31. The monoisotopic (exact) mass is 556 g/mol. The Morgan fingerprint density at radius 1 is 1.13 bits per heavy atom. The Labute approximate surface area is 233 Å². The van der Waals surface area contributed by atoms with Crippen LogP contribution in [0.1, 0.15) is 44.7 Å². The minimum Gasteiger partial charge on any atom is -0.459 e. The van der Waals surface area contributed by atoms with Gasteiger partial charge in [0.2, 0.25) is 0 Å². The highest BCUT2D eigenvalue weighted by atomic mass is 35.5. The van der Waals surface area contributed by atoms with Crippen LogP contribution in [0.2, 0.25) is 10.0 Å². The number of nitrogen functional groups attached to an aromatic ring is 1. The number of anilines is 2. The first-order chi connectivity index (χ1) is 18.1. The molecule has 2 aromatic carbocycles. The maximum Gasteiger partial charge on any atom is 0.323 e. The highest BCUT2D eigenvalue weighted by molar-refractivity contribution is 6.36. The average molecular weight is 558 g/mol. The highest BCUT2D eigenvalue weighted by Crippen LogP contribution is 2.27. The third-order valence-electron chi connectivity index (χ3n) is 6.23. The molecule has 4 rings (SSSR count). The topological polar surface area (TPSA) is 114 Å². The number of carbonyl (C=O) groups is 1. The fourth-order valence-electron chi connectivity index (χ4n) is 4.25. The minimum atomic E-state index is -0.490. The lowest BCUT2D eigenvalue weighted by Crippen LogP contribution is -2.51. The molecule has 1 aliphatic heterocycles. The van der Waals surface area contributed by atoms with Gasteiger partial charge in [0.1, 0.15) is 11.6 Å². The van der Waals surface area contributed by atoms with Crippen molar-refractivity contribution in [1.82, 2.24) is 20.6 Å². The summed E-state index contributed by atoms with van der Waals surface area (Å²) >= 11 is 12.6. The van der Waals surface area contributed by atoms with Crippen molar-refractivity contribution in [2.75, 3.05) is 17.6 Å². The summed E-state index contributed by atoms with van der Waals surface area (Å²) in [5.41, 5.74) is 9.09. The number of benzene rings is 2. The summed E-state index contributed by atoms with van der Waals surface area (Å²) in [7, 11) is 0. The Bertz CT molecular complexity index is 1240. The number of rotatable bonds is 8. The molecular formula is C28H34Cl2N6O2.